The Labute approximate surface area is 173 Å². The van der Waals surface area contributed by atoms with Gasteiger partial charge in [-0.15, -0.1) is 0 Å². The Morgan fingerprint density at radius 2 is 1.79 bits per heavy atom. The Hall–Kier alpha value is -2.38. The fourth-order valence-corrected chi connectivity index (χ4v) is 5.26. The van der Waals surface area contributed by atoms with Gasteiger partial charge in [-0.2, -0.15) is 4.31 Å². The Bertz CT molecular complexity index is 981. The molecule has 0 aromatic heterocycles. The van der Waals surface area contributed by atoms with E-state index in [9.17, 15) is 13.2 Å². The summed E-state index contributed by atoms with van der Waals surface area (Å²) in [6, 6.07) is 12.8. The van der Waals surface area contributed by atoms with Crippen LogP contribution in [0.2, 0.25) is 0 Å². The van der Waals surface area contributed by atoms with Crippen LogP contribution in [0.1, 0.15) is 40.7 Å². The molecule has 1 N–H and O–H groups in total. The Morgan fingerprint density at radius 3 is 2.48 bits per heavy atom. The van der Waals surface area contributed by atoms with Gasteiger partial charge in [0.1, 0.15) is 0 Å². The number of aryl methyl sites for hydroxylation is 1. The minimum atomic E-state index is -3.58. The van der Waals surface area contributed by atoms with E-state index in [1.165, 1.54) is 10.4 Å². The highest BCUT2D eigenvalue weighted by atomic mass is 32.2. The van der Waals surface area contributed by atoms with Gasteiger partial charge in [0.15, 0.2) is 0 Å². The maximum Gasteiger partial charge on any atom is 0.251 e. The summed E-state index contributed by atoms with van der Waals surface area (Å²) in [6.45, 7) is 3.23. The summed E-state index contributed by atoms with van der Waals surface area (Å²) < 4.78 is 27.6. The van der Waals surface area contributed by atoms with E-state index in [0.29, 0.717) is 30.8 Å². The highest BCUT2D eigenvalue weighted by molar-refractivity contribution is 7.89. The van der Waals surface area contributed by atoms with E-state index < -0.39 is 10.0 Å². The first kappa shape index (κ1) is 21.3. The standard InChI is InChI=1S/C22H29N3O3S/c1-17-10-11-19(15-21(17)29(27,28)25-12-5-4-6-13-25)22(26)23-16-18-8-7-9-20(14-18)24(2)3/h7-11,14-15H,4-6,12-13,16H2,1-3H3,(H,23,26). The van der Waals surface area contributed by atoms with Gasteiger partial charge in [-0.05, 0) is 55.2 Å². The zero-order chi connectivity index (χ0) is 21.0. The normalized spacial score (nSPS) is 15.1. The molecule has 156 valence electrons. The van der Waals surface area contributed by atoms with Gasteiger partial charge in [-0.1, -0.05) is 24.6 Å². The molecule has 1 aliphatic rings. The van der Waals surface area contributed by atoms with Crippen LogP contribution >= 0.6 is 0 Å². The highest BCUT2D eigenvalue weighted by Crippen LogP contribution is 2.24. The van der Waals surface area contributed by atoms with Gasteiger partial charge in [0.2, 0.25) is 10.0 Å². The number of rotatable bonds is 6. The number of anilines is 1. The third-order valence-electron chi connectivity index (χ3n) is 5.26. The number of hydrogen-bond donors (Lipinski definition) is 1. The molecule has 29 heavy (non-hydrogen) atoms. The lowest BCUT2D eigenvalue weighted by Gasteiger charge is -2.26. The minimum absolute atomic E-state index is 0.224. The molecule has 0 atom stereocenters. The van der Waals surface area contributed by atoms with Gasteiger partial charge in [-0.25, -0.2) is 8.42 Å². The average Bonchev–Trinajstić information content (AvgIpc) is 2.73. The predicted molar refractivity (Wildman–Crippen MR) is 116 cm³/mol. The smallest absolute Gasteiger partial charge is 0.251 e. The van der Waals surface area contributed by atoms with E-state index >= 15 is 0 Å². The summed E-state index contributed by atoms with van der Waals surface area (Å²) in [6.07, 6.45) is 2.82. The monoisotopic (exact) mass is 415 g/mol. The number of nitrogens with one attached hydrogen (secondary N) is 1. The molecular weight excluding hydrogens is 386 g/mol. The van der Waals surface area contributed by atoms with Crippen molar-refractivity contribution in [3.63, 3.8) is 0 Å². The zero-order valence-electron chi connectivity index (χ0n) is 17.3. The van der Waals surface area contributed by atoms with Crippen molar-refractivity contribution in [2.75, 3.05) is 32.1 Å². The lowest BCUT2D eigenvalue weighted by molar-refractivity contribution is 0.0950. The number of carbonyl (C=O) groups is 1. The maximum atomic E-state index is 13.1. The van der Waals surface area contributed by atoms with E-state index in [-0.39, 0.29) is 10.8 Å². The second-order valence-electron chi connectivity index (χ2n) is 7.69. The molecule has 6 nitrogen and oxygen atoms in total. The quantitative estimate of drug-likeness (QED) is 0.787. The van der Waals surface area contributed by atoms with Gasteiger partial charge < -0.3 is 10.2 Å². The van der Waals surface area contributed by atoms with Crippen LogP contribution < -0.4 is 10.2 Å². The van der Waals surface area contributed by atoms with E-state index in [2.05, 4.69) is 5.32 Å². The van der Waals surface area contributed by atoms with E-state index in [4.69, 9.17) is 0 Å². The predicted octanol–water partition coefficient (Wildman–Crippen LogP) is 3.17. The lowest BCUT2D eigenvalue weighted by atomic mass is 10.1. The molecule has 2 aromatic rings. The molecule has 1 aliphatic heterocycles. The maximum absolute atomic E-state index is 13.1. The second kappa shape index (κ2) is 8.97. The number of nitrogens with zero attached hydrogens (tertiary/aromatic N) is 2. The molecule has 0 aliphatic carbocycles. The minimum Gasteiger partial charge on any atom is -0.378 e. The number of piperidine rings is 1. The average molecular weight is 416 g/mol. The summed E-state index contributed by atoms with van der Waals surface area (Å²) >= 11 is 0. The number of sulfonamides is 1. The number of carbonyl (C=O) groups excluding carboxylic acids is 1. The van der Waals surface area contributed by atoms with Crippen molar-refractivity contribution in [2.24, 2.45) is 0 Å². The van der Waals surface area contributed by atoms with E-state index in [1.54, 1.807) is 19.1 Å². The lowest BCUT2D eigenvalue weighted by Crippen LogP contribution is -2.36. The molecule has 3 rings (SSSR count). The van der Waals surface area contributed by atoms with Gasteiger partial charge in [0.05, 0.1) is 4.90 Å². The van der Waals surface area contributed by atoms with Crippen LogP contribution in [0.5, 0.6) is 0 Å². The molecule has 1 heterocycles. The van der Waals surface area contributed by atoms with Crippen LogP contribution in [0.3, 0.4) is 0 Å². The SMILES string of the molecule is Cc1ccc(C(=O)NCc2cccc(N(C)C)c2)cc1S(=O)(=O)N1CCCCC1. The van der Waals surface area contributed by atoms with Crippen molar-refractivity contribution in [2.45, 2.75) is 37.6 Å². The molecule has 0 spiro atoms. The molecule has 1 saturated heterocycles. The summed E-state index contributed by atoms with van der Waals surface area (Å²) in [5, 5.41) is 2.89. The van der Waals surface area contributed by atoms with Gasteiger partial charge >= 0.3 is 0 Å². The summed E-state index contributed by atoms with van der Waals surface area (Å²) in [4.78, 5) is 14.9. The molecule has 1 fully saturated rings. The number of amides is 1. The Balaban J connectivity index is 1.76. The van der Waals surface area contributed by atoms with Crippen molar-refractivity contribution >= 4 is 21.6 Å². The van der Waals surface area contributed by atoms with Crippen molar-refractivity contribution in [3.05, 3.63) is 59.2 Å². The topological polar surface area (TPSA) is 69.7 Å². The van der Waals surface area contributed by atoms with Crippen molar-refractivity contribution in [1.82, 2.24) is 9.62 Å². The summed E-state index contributed by atoms with van der Waals surface area (Å²) in [5.74, 6) is -0.282. The molecule has 0 radical (unpaired) electrons. The second-order valence-corrected chi connectivity index (χ2v) is 9.60. The first-order chi connectivity index (χ1) is 13.8. The first-order valence-electron chi connectivity index (χ1n) is 9.94. The van der Waals surface area contributed by atoms with E-state index in [0.717, 1.165) is 30.5 Å². The first-order valence-corrected chi connectivity index (χ1v) is 11.4. The number of benzene rings is 2. The summed E-state index contributed by atoms with van der Waals surface area (Å²) in [7, 11) is 0.350. The molecule has 1 amide bonds. The van der Waals surface area contributed by atoms with Crippen molar-refractivity contribution in [3.8, 4) is 0 Å². The highest BCUT2D eigenvalue weighted by Gasteiger charge is 2.28. The Kier molecular flexibility index (Phi) is 6.59. The molecular formula is C22H29N3O3S. The van der Waals surface area contributed by atoms with Gasteiger partial charge in [0.25, 0.3) is 5.91 Å². The largest absolute Gasteiger partial charge is 0.378 e. The Morgan fingerprint density at radius 1 is 1.07 bits per heavy atom. The van der Waals surface area contributed by atoms with Crippen LogP contribution in [0.15, 0.2) is 47.4 Å². The fraction of sp³-hybridized carbons (Fsp3) is 0.409. The van der Waals surface area contributed by atoms with Crippen LogP contribution in [-0.2, 0) is 16.6 Å². The summed E-state index contributed by atoms with van der Waals surface area (Å²) in [5.41, 5.74) is 3.06. The fourth-order valence-electron chi connectivity index (χ4n) is 3.49. The van der Waals surface area contributed by atoms with Gasteiger partial charge in [0, 0.05) is 45.0 Å². The van der Waals surface area contributed by atoms with Crippen molar-refractivity contribution < 1.29 is 13.2 Å². The third-order valence-corrected chi connectivity index (χ3v) is 7.30. The molecule has 7 heteroatoms. The molecule has 0 bridgehead atoms. The van der Waals surface area contributed by atoms with Crippen LogP contribution in [0, 0.1) is 6.92 Å². The molecule has 0 unspecified atom stereocenters. The zero-order valence-corrected chi connectivity index (χ0v) is 18.1. The third kappa shape index (κ3) is 4.97. The molecule has 0 saturated carbocycles. The molecule has 2 aromatic carbocycles. The van der Waals surface area contributed by atoms with Crippen LogP contribution in [0.25, 0.3) is 0 Å². The number of hydrogen-bond acceptors (Lipinski definition) is 4. The van der Waals surface area contributed by atoms with Gasteiger partial charge in [-0.3, -0.25) is 4.79 Å². The van der Waals surface area contributed by atoms with E-state index in [1.807, 2.05) is 43.3 Å². The van der Waals surface area contributed by atoms with Crippen LogP contribution in [0.4, 0.5) is 5.69 Å². The van der Waals surface area contributed by atoms with Crippen LogP contribution in [-0.4, -0.2) is 45.8 Å². The van der Waals surface area contributed by atoms with Crippen molar-refractivity contribution in [1.29, 1.82) is 0 Å².